The molecule has 0 amide bonds. The molecule has 0 unspecified atom stereocenters. The molecule has 0 saturated carbocycles. The van der Waals surface area contributed by atoms with Gasteiger partial charge in [-0.3, -0.25) is 0 Å². The van der Waals surface area contributed by atoms with E-state index in [-0.39, 0.29) is 0 Å². The summed E-state index contributed by atoms with van der Waals surface area (Å²) in [6.07, 6.45) is 0. The number of hydrogen-bond acceptors (Lipinski definition) is 2. The highest BCUT2D eigenvalue weighted by Crippen LogP contribution is 2.43. The Kier molecular flexibility index (Phi) is 6.51. The van der Waals surface area contributed by atoms with Crippen molar-refractivity contribution in [1.82, 2.24) is 4.57 Å². The van der Waals surface area contributed by atoms with Crippen LogP contribution in [0, 0.1) is 0 Å². The summed E-state index contributed by atoms with van der Waals surface area (Å²) in [4.78, 5) is 2.36. The van der Waals surface area contributed by atoms with Crippen LogP contribution in [0.3, 0.4) is 0 Å². The standard InChI is InChI=1S/C42H27BrN2S/c43-30-20-18-28(19-21-30)29-10-9-15-33(24-29)44(31-11-3-1-4-12-31)34-22-23-35-37-27-42-38(36-16-7-8-17-41(36)46-42)26-40(37)45(39(35)25-34)32-13-5-2-6-14-32/h1-27H. The Bertz CT molecular complexity index is 2530. The molecule has 0 atom stereocenters. The number of thiophene rings is 1. The molecule has 46 heavy (non-hydrogen) atoms. The van der Waals surface area contributed by atoms with Crippen LogP contribution < -0.4 is 4.90 Å². The van der Waals surface area contributed by atoms with E-state index < -0.39 is 0 Å². The highest BCUT2D eigenvalue weighted by molar-refractivity contribution is 9.10. The molecular formula is C42H27BrN2S. The Hall–Kier alpha value is -5.16. The van der Waals surface area contributed by atoms with Gasteiger partial charge in [-0.2, -0.15) is 0 Å². The number of aromatic nitrogens is 1. The predicted molar refractivity (Wildman–Crippen MR) is 201 cm³/mol. The largest absolute Gasteiger partial charge is 0.310 e. The van der Waals surface area contributed by atoms with Crippen LogP contribution in [0.15, 0.2) is 168 Å². The molecule has 9 aromatic rings. The van der Waals surface area contributed by atoms with Gasteiger partial charge >= 0.3 is 0 Å². The number of anilines is 3. The Labute approximate surface area is 279 Å². The van der Waals surface area contributed by atoms with Crippen molar-refractivity contribution in [3.05, 3.63) is 168 Å². The van der Waals surface area contributed by atoms with E-state index in [9.17, 15) is 0 Å². The average Bonchev–Trinajstić information content (AvgIpc) is 3.63. The molecule has 0 N–H and O–H groups in total. The predicted octanol–water partition coefficient (Wildman–Crippen LogP) is 13.1. The maximum absolute atomic E-state index is 3.58. The van der Waals surface area contributed by atoms with Crippen LogP contribution in [-0.4, -0.2) is 4.57 Å². The third kappa shape index (κ3) is 4.53. The number of halogens is 1. The minimum absolute atomic E-state index is 1.08. The molecule has 218 valence electrons. The van der Waals surface area contributed by atoms with E-state index in [0.717, 1.165) is 27.2 Å². The number of fused-ring (bicyclic) bond motifs is 6. The smallest absolute Gasteiger partial charge is 0.0561 e. The van der Waals surface area contributed by atoms with Crippen molar-refractivity contribution in [1.29, 1.82) is 0 Å². The maximum Gasteiger partial charge on any atom is 0.0561 e. The van der Waals surface area contributed by atoms with Crippen molar-refractivity contribution in [2.24, 2.45) is 0 Å². The van der Waals surface area contributed by atoms with Crippen LogP contribution in [0.4, 0.5) is 17.1 Å². The molecule has 9 rings (SSSR count). The van der Waals surface area contributed by atoms with Crippen molar-refractivity contribution < 1.29 is 0 Å². The molecule has 0 aliphatic carbocycles. The summed E-state index contributed by atoms with van der Waals surface area (Å²) in [6.45, 7) is 0. The third-order valence-electron chi connectivity index (χ3n) is 8.82. The van der Waals surface area contributed by atoms with Gasteiger partial charge in [-0.15, -0.1) is 11.3 Å². The maximum atomic E-state index is 3.58. The van der Waals surface area contributed by atoms with Crippen molar-refractivity contribution >= 4 is 86.3 Å². The zero-order chi connectivity index (χ0) is 30.6. The summed E-state index contributed by atoms with van der Waals surface area (Å²) >= 11 is 5.46. The zero-order valence-corrected chi connectivity index (χ0v) is 27.2. The number of benzene rings is 7. The van der Waals surface area contributed by atoms with Crippen LogP contribution in [-0.2, 0) is 0 Å². The normalized spacial score (nSPS) is 11.6. The van der Waals surface area contributed by atoms with Gasteiger partial charge in [0.1, 0.15) is 0 Å². The number of hydrogen-bond donors (Lipinski definition) is 0. The van der Waals surface area contributed by atoms with E-state index in [2.05, 4.69) is 189 Å². The fraction of sp³-hybridized carbons (Fsp3) is 0. The van der Waals surface area contributed by atoms with Crippen LogP contribution >= 0.6 is 27.3 Å². The first-order valence-corrected chi connectivity index (χ1v) is 17.0. The second-order valence-electron chi connectivity index (χ2n) is 11.6. The average molecular weight is 672 g/mol. The number of rotatable bonds is 5. The Morgan fingerprint density at radius 1 is 0.435 bits per heavy atom. The zero-order valence-electron chi connectivity index (χ0n) is 24.8. The van der Waals surface area contributed by atoms with E-state index in [4.69, 9.17) is 0 Å². The summed E-state index contributed by atoms with van der Waals surface area (Å²) in [5, 5.41) is 5.14. The van der Waals surface area contributed by atoms with E-state index in [1.165, 1.54) is 53.1 Å². The lowest BCUT2D eigenvalue weighted by atomic mass is 10.0. The lowest BCUT2D eigenvalue weighted by molar-refractivity contribution is 1.18. The minimum atomic E-state index is 1.08. The Morgan fingerprint density at radius 3 is 1.96 bits per heavy atom. The Morgan fingerprint density at radius 2 is 1.13 bits per heavy atom. The van der Waals surface area contributed by atoms with Gasteiger partial charge in [0, 0.05) is 58.2 Å². The van der Waals surface area contributed by atoms with Crippen LogP contribution in [0.25, 0.3) is 58.8 Å². The summed E-state index contributed by atoms with van der Waals surface area (Å²) in [7, 11) is 0. The van der Waals surface area contributed by atoms with Crippen LogP contribution in [0.5, 0.6) is 0 Å². The van der Waals surface area contributed by atoms with Gasteiger partial charge in [0.15, 0.2) is 0 Å². The molecule has 0 radical (unpaired) electrons. The van der Waals surface area contributed by atoms with Gasteiger partial charge in [0.05, 0.1) is 11.0 Å². The van der Waals surface area contributed by atoms with Gasteiger partial charge < -0.3 is 9.47 Å². The first-order chi connectivity index (χ1) is 22.7. The summed E-state index contributed by atoms with van der Waals surface area (Å²) < 4.78 is 6.16. The van der Waals surface area contributed by atoms with Gasteiger partial charge in [-0.1, -0.05) is 101 Å². The van der Waals surface area contributed by atoms with Crippen molar-refractivity contribution in [2.75, 3.05) is 4.90 Å². The first kappa shape index (κ1) is 27.2. The molecule has 0 aliphatic rings. The summed E-state index contributed by atoms with van der Waals surface area (Å²) in [6, 6.07) is 59.2. The molecular weight excluding hydrogens is 644 g/mol. The van der Waals surface area contributed by atoms with Crippen LogP contribution in [0.2, 0.25) is 0 Å². The molecule has 0 saturated heterocycles. The van der Waals surface area contributed by atoms with Gasteiger partial charge in [0.25, 0.3) is 0 Å². The summed E-state index contributed by atoms with van der Waals surface area (Å²) in [5.41, 5.74) is 9.26. The lowest BCUT2D eigenvalue weighted by Crippen LogP contribution is -2.10. The number of nitrogens with zero attached hydrogens (tertiary/aromatic N) is 2. The van der Waals surface area contributed by atoms with Crippen molar-refractivity contribution in [3.63, 3.8) is 0 Å². The molecule has 2 heterocycles. The van der Waals surface area contributed by atoms with E-state index >= 15 is 0 Å². The van der Waals surface area contributed by atoms with Gasteiger partial charge in [-0.05, 0) is 90.0 Å². The lowest BCUT2D eigenvalue weighted by Gasteiger charge is -2.26. The van der Waals surface area contributed by atoms with Crippen molar-refractivity contribution in [3.8, 4) is 16.8 Å². The molecule has 2 aromatic heterocycles. The molecule has 0 bridgehead atoms. The highest BCUT2D eigenvalue weighted by atomic mass is 79.9. The Balaban J connectivity index is 1.30. The highest BCUT2D eigenvalue weighted by Gasteiger charge is 2.19. The SMILES string of the molecule is Brc1ccc(-c2cccc(N(c3ccccc3)c3ccc4c5cc6sc7ccccc7c6cc5n(-c5ccccc5)c4c3)c2)cc1. The molecule has 7 aromatic carbocycles. The fourth-order valence-corrected chi connectivity index (χ4v) is 8.10. The first-order valence-electron chi connectivity index (χ1n) is 15.4. The van der Waals surface area contributed by atoms with Gasteiger partial charge in [0.2, 0.25) is 0 Å². The monoisotopic (exact) mass is 670 g/mol. The number of para-hydroxylation sites is 2. The topological polar surface area (TPSA) is 8.17 Å². The van der Waals surface area contributed by atoms with E-state index in [0.29, 0.717) is 0 Å². The second kappa shape index (κ2) is 11.0. The second-order valence-corrected chi connectivity index (χ2v) is 13.6. The third-order valence-corrected chi connectivity index (χ3v) is 10.5. The van der Waals surface area contributed by atoms with E-state index in [1.54, 1.807) is 0 Å². The van der Waals surface area contributed by atoms with Crippen molar-refractivity contribution in [2.45, 2.75) is 0 Å². The fourth-order valence-electron chi connectivity index (χ4n) is 6.71. The molecule has 4 heteroatoms. The molecule has 2 nitrogen and oxygen atoms in total. The quantitative estimate of drug-likeness (QED) is 0.177. The molecule has 0 spiro atoms. The summed E-state index contributed by atoms with van der Waals surface area (Å²) in [5.74, 6) is 0. The minimum Gasteiger partial charge on any atom is -0.310 e. The van der Waals surface area contributed by atoms with E-state index in [1.807, 2.05) is 11.3 Å². The van der Waals surface area contributed by atoms with Gasteiger partial charge in [-0.25, -0.2) is 0 Å². The van der Waals surface area contributed by atoms with Crippen LogP contribution in [0.1, 0.15) is 0 Å². The molecule has 0 fully saturated rings. The molecule has 0 aliphatic heterocycles.